The first kappa shape index (κ1) is 12.4. The highest BCUT2D eigenvalue weighted by Gasteiger charge is 2.19. The van der Waals surface area contributed by atoms with Crippen molar-refractivity contribution in [3.8, 4) is 22.3 Å². The third-order valence-electron chi connectivity index (χ3n) is 7.55. The molecule has 190 valence electrons. The fourth-order valence-corrected chi connectivity index (χ4v) is 5.83. The van der Waals surface area contributed by atoms with Gasteiger partial charge in [-0.25, -0.2) is 0 Å². The highest BCUT2D eigenvalue weighted by molar-refractivity contribution is 6.26. The van der Waals surface area contributed by atoms with Crippen molar-refractivity contribution in [2.75, 3.05) is 0 Å². The molecule has 1 heteroatoms. The monoisotopic (exact) mass is 535 g/mol. The van der Waals surface area contributed by atoms with E-state index in [4.69, 9.17) is 15.4 Å². The van der Waals surface area contributed by atoms with Gasteiger partial charge in [-0.15, -0.1) is 0 Å². The van der Waals surface area contributed by atoms with Gasteiger partial charge in [0.2, 0.25) is 0 Å². The molecule has 8 aromatic carbocycles. The lowest BCUT2D eigenvalue weighted by atomic mass is 9.84. The smallest absolute Gasteiger partial charge is 0.136 e. The van der Waals surface area contributed by atoms with E-state index in [1.165, 1.54) is 0 Å². The van der Waals surface area contributed by atoms with Crippen LogP contribution >= 0.6 is 0 Å². The van der Waals surface area contributed by atoms with Gasteiger partial charge in [0, 0.05) is 10.8 Å². The Hall–Kier alpha value is -5.40. The second kappa shape index (κ2) is 8.55. The maximum Gasteiger partial charge on any atom is 0.136 e. The predicted molar refractivity (Wildman–Crippen MR) is 175 cm³/mol. The molecule has 0 unspecified atom stereocenters. The quantitative estimate of drug-likeness (QED) is 0.158. The SMILES string of the molecule is [2H]c1c([2H])c([2H])c2c(oc3c([2H])c(-c4c5c([2H])c([2H])c([2H])c([2H])c5c(-c5cc6ccccc6c6ccccc56)c5c([2H])c([2H])c([2H])c([2H])c45)c([2H])c([2H])c32)c1[2H]. The van der Waals surface area contributed by atoms with E-state index in [1.807, 2.05) is 42.5 Å². The van der Waals surface area contributed by atoms with Gasteiger partial charge in [0.15, 0.2) is 0 Å². The number of furan rings is 1. The van der Waals surface area contributed by atoms with Crippen molar-refractivity contribution in [1.82, 2.24) is 0 Å². The first-order valence-electron chi connectivity index (χ1n) is 20.4. The molecule has 0 aliphatic carbocycles. The van der Waals surface area contributed by atoms with E-state index in [0.29, 0.717) is 10.9 Å². The summed E-state index contributed by atoms with van der Waals surface area (Å²) >= 11 is 0. The van der Waals surface area contributed by atoms with Crippen LogP contribution in [0.25, 0.3) is 87.3 Å². The Kier molecular flexibility index (Phi) is 2.59. The van der Waals surface area contributed by atoms with Crippen molar-refractivity contribution in [3.63, 3.8) is 0 Å². The molecule has 0 radical (unpaired) electrons. The average molecular weight is 536 g/mol. The van der Waals surface area contributed by atoms with Gasteiger partial charge in [-0.3, -0.25) is 0 Å². The Balaban J connectivity index is 1.61. The van der Waals surface area contributed by atoms with Crippen LogP contribution in [0, 0.1) is 0 Å². The summed E-state index contributed by atoms with van der Waals surface area (Å²) in [6.45, 7) is 0. The minimum atomic E-state index is -0.691. The van der Waals surface area contributed by atoms with E-state index >= 15 is 0 Å². The largest absolute Gasteiger partial charge is 0.456 e. The Labute approximate surface area is 258 Å². The topological polar surface area (TPSA) is 13.1 Å². The van der Waals surface area contributed by atoms with Gasteiger partial charge < -0.3 is 4.42 Å². The predicted octanol–water partition coefficient (Wildman–Crippen LogP) is 11.5. The van der Waals surface area contributed by atoms with Crippen molar-refractivity contribution in [2.24, 2.45) is 0 Å². The standard InChI is InChI=1S/C40H24O/c1-2-12-27-25(11-1)23-36(29-14-4-3-13-28(27)29)40-34-18-7-5-16-32(34)39(33-17-6-8-19-35(33)40)26-21-22-31-30-15-9-10-20-37(30)41-38(31)24-26/h1-24H/i5D,6D,7D,8D,9D,10D,15D,16D,17D,18D,19D,20D,21D,22D,24D. The molecule has 1 aromatic heterocycles. The molecular weight excluding hydrogens is 496 g/mol. The summed E-state index contributed by atoms with van der Waals surface area (Å²) in [5, 5.41) is 1.75. The summed E-state index contributed by atoms with van der Waals surface area (Å²) in [7, 11) is 0. The van der Waals surface area contributed by atoms with E-state index < -0.39 is 102 Å². The second-order valence-electron chi connectivity index (χ2n) is 9.70. The van der Waals surface area contributed by atoms with Crippen molar-refractivity contribution >= 4 is 65.0 Å². The van der Waals surface area contributed by atoms with Gasteiger partial charge in [-0.05, 0) is 89.5 Å². The molecule has 9 rings (SSSR count). The zero-order chi connectivity index (χ0) is 40.0. The molecule has 0 N–H and O–H groups in total. The summed E-state index contributed by atoms with van der Waals surface area (Å²) in [4.78, 5) is 0. The summed E-state index contributed by atoms with van der Waals surface area (Å²) in [6, 6.07) is 7.41. The fraction of sp³-hybridized carbons (Fsp3) is 0. The molecule has 0 amide bonds. The summed E-state index contributed by atoms with van der Waals surface area (Å²) < 4.78 is 140. The van der Waals surface area contributed by atoms with Crippen LogP contribution in [0.1, 0.15) is 20.6 Å². The van der Waals surface area contributed by atoms with Crippen LogP contribution in [-0.2, 0) is 0 Å². The van der Waals surface area contributed by atoms with Gasteiger partial charge in [0.25, 0.3) is 0 Å². The normalized spacial score (nSPS) is 17.0. The van der Waals surface area contributed by atoms with Crippen LogP contribution in [0.4, 0.5) is 0 Å². The van der Waals surface area contributed by atoms with Crippen LogP contribution < -0.4 is 0 Å². The van der Waals surface area contributed by atoms with Crippen LogP contribution in [0.5, 0.6) is 0 Å². The summed E-state index contributed by atoms with van der Waals surface area (Å²) in [5.41, 5.74) is -1.05. The molecule has 0 fully saturated rings. The average Bonchev–Trinajstić information content (AvgIpc) is 3.62. The Bertz CT molecular complexity index is 3230. The number of para-hydroxylation sites is 1. The fourth-order valence-electron chi connectivity index (χ4n) is 5.83. The number of rotatable bonds is 2. The third kappa shape index (κ3) is 3.24. The maximum atomic E-state index is 9.50. The Morgan fingerprint density at radius 3 is 1.73 bits per heavy atom. The van der Waals surface area contributed by atoms with E-state index in [9.17, 15) is 9.60 Å². The number of fused-ring (bicyclic) bond motifs is 8. The second-order valence-corrected chi connectivity index (χ2v) is 9.70. The van der Waals surface area contributed by atoms with Crippen LogP contribution in [0.15, 0.2) is 150 Å². The first-order chi connectivity index (χ1) is 26.6. The van der Waals surface area contributed by atoms with Crippen molar-refractivity contribution in [1.29, 1.82) is 0 Å². The molecule has 9 aromatic rings. The summed E-state index contributed by atoms with van der Waals surface area (Å²) in [5.74, 6) is 0. The van der Waals surface area contributed by atoms with Crippen LogP contribution in [-0.4, -0.2) is 0 Å². The van der Waals surface area contributed by atoms with E-state index in [2.05, 4.69) is 0 Å². The van der Waals surface area contributed by atoms with Crippen molar-refractivity contribution in [3.05, 3.63) is 145 Å². The highest BCUT2D eigenvalue weighted by Crippen LogP contribution is 2.47. The molecule has 0 saturated heterocycles. The minimum Gasteiger partial charge on any atom is -0.456 e. The van der Waals surface area contributed by atoms with Crippen molar-refractivity contribution < 1.29 is 25.0 Å². The molecule has 0 bridgehead atoms. The zero-order valence-corrected chi connectivity index (χ0v) is 21.1. The molecule has 0 aliphatic rings. The molecule has 0 saturated carbocycles. The van der Waals surface area contributed by atoms with Gasteiger partial charge >= 0.3 is 0 Å². The molecule has 0 aliphatic heterocycles. The first-order valence-corrected chi connectivity index (χ1v) is 12.9. The summed E-state index contributed by atoms with van der Waals surface area (Å²) in [6.07, 6.45) is 0. The van der Waals surface area contributed by atoms with E-state index in [0.717, 1.165) is 16.2 Å². The van der Waals surface area contributed by atoms with E-state index in [1.54, 1.807) is 12.1 Å². The van der Waals surface area contributed by atoms with Gasteiger partial charge in [-0.1, -0.05) is 121 Å². The molecule has 1 nitrogen and oxygen atoms in total. The lowest BCUT2D eigenvalue weighted by molar-refractivity contribution is 0.669. The van der Waals surface area contributed by atoms with Gasteiger partial charge in [-0.2, -0.15) is 0 Å². The number of hydrogen-bond acceptors (Lipinski definition) is 1. The van der Waals surface area contributed by atoms with Gasteiger partial charge in [0.1, 0.15) is 11.2 Å². The van der Waals surface area contributed by atoms with Gasteiger partial charge in [0.05, 0.1) is 20.6 Å². The highest BCUT2D eigenvalue weighted by atomic mass is 16.3. The molecule has 0 spiro atoms. The van der Waals surface area contributed by atoms with Crippen LogP contribution in [0.2, 0.25) is 0 Å². The third-order valence-corrected chi connectivity index (χ3v) is 7.55. The molecule has 0 atom stereocenters. The Morgan fingerprint density at radius 1 is 0.439 bits per heavy atom. The van der Waals surface area contributed by atoms with Crippen molar-refractivity contribution in [2.45, 2.75) is 0 Å². The molecule has 1 heterocycles. The number of benzene rings is 8. The maximum absolute atomic E-state index is 9.50. The number of hydrogen-bond donors (Lipinski definition) is 0. The Morgan fingerprint density at radius 2 is 1.00 bits per heavy atom. The lowest BCUT2D eigenvalue weighted by Gasteiger charge is -2.19. The molecule has 41 heavy (non-hydrogen) atoms. The minimum absolute atomic E-state index is 0.0809. The molecular formula is C40H24O. The lowest BCUT2D eigenvalue weighted by Crippen LogP contribution is -1.92. The zero-order valence-electron chi connectivity index (χ0n) is 36.1. The van der Waals surface area contributed by atoms with E-state index in [-0.39, 0.29) is 49.0 Å². The van der Waals surface area contributed by atoms with Crippen LogP contribution in [0.3, 0.4) is 0 Å².